The summed E-state index contributed by atoms with van der Waals surface area (Å²) in [6, 6.07) is 14.7. The molecule has 96 valence electrons. The summed E-state index contributed by atoms with van der Waals surface area (Å²) in [5.74, 6) is 1.88. The lowest BCUT2D eigenvalue weighted by atomic mass is 10.1. The summed E-state index contributed by atoms with van der Waals surface area (Å²) in [7, 11) is 1.57. The van der Waals surface area contributed by atoms with Crippen molar-refractivity contribution in [2.45, 2.75) is 6.42 Å². The molecule has 2 aromatic rings. The van der Waals surface area contributed by atoms with E-state index in [1.54, 1.807) is 37.4 Å². The number of benzene rings is 2. The van der Waals surface area contributed by atoms with Gasteiger partial charge in [-0.3, -0.25) is 0 Å². The van der Waals surface area contributed by atoms with Gasteiger partial charge in [0.15, 0.2) is 0 Å². The first-order valence-corrected chi connectivity index (χ1v) is 6.08. The molecule has 2 aromatic carbocycles. The molecule has 0 spiro atoms. The van der Waals surface area contributed by atoms with Gasteiger partial charge in [-0.25, -0.2) is 0 Å². The van der Waals surface area contributed by atoms with E-state index in [0.29, 0.717) is 22.3 Å². The normalized spacial score (nSPS) is 9.74. The molecule has 2 rings (SSSR count). The number of ether oxygens (including phenoxy) is 2. The quantitative estimate of drug-likeness (QED) is 0.838. The lowest BCUT2D eigenvalue weighted by Crippen LogP contribution is -1.93. The number of methoxy groups -OCH3 is 1. The van der Waals surface area contributed by atoms with E-state index in [-0.39, 0.29) is 6.42 Å². The molecule has 0 saturated carbocycles. The Bertz CT molecular complexity index is 620. The average molecular weight is 274 g/mol. The predicted octanol–water partition coefficient (Wildman–Crippen LogP) is 4.21. The van der Waals surface area contributed by atoms with E-state index in [4.69, 9.17) is 26.3 Å². The van der Waals surface area contributed by atoms with Crippen molar-refractivity contribution < 1.29 is 9.47 Å². The van der Waals surface area contributed by atoms with Gasteiger partial charge in [-0.05, 0) is 30.3 Å². The van der Waals surface area contributed by atoms with Crippen molar-refractivity contribution in [1.29, 1.82) is 5.26 Å². The molecule has 0 amide bonds. The van der Waals surface area contributed by atoms with Crippen molar-refractivity contribution in [3.05, 3.63) is 53.1 Å². The van der Waals surface area contributed by atoms with Crippen molar-refractivity contribution in [2.75, 3.05) is 7.11 Å². The van der Waals surface area contributed by atoms with Crippen molar-refractivity contribution in [3.8, 4) is 23.3 Å². The van der Waals surface area contributed by atoms with Crippen LogP contribution in [0.25, 0.3) is 0 Å². The number of hydrogen-bond donors (Lipinski definition) is 0. The fourth-order valence-electron chi connectivity index (χ4n) is 1.70. The molecule has 0 fully saturated rings. The summed E-state index contributed by atoms with van der Waals surface area (Å²) in [6.07, 6.45) is 0.267. The van der Waals surface area contributed by atoms with Gasteiger partial charge in [-0.15, -0.1) is 0 Å². The first-order chi connectivity index (χ1) is 9.24. The highest BCUT2D eigenvalue weighted by Crippen LogP contribution is 2.31. The van der Waals surface area contributed by atoms with E-state index in [1.807, 2.05) is 12.1 Å². The van der Waals surface area contributed by atoms with Gasteiger partial charge in [0.1, 0.15) is 17.2 Å². The van der Waals surface area contributed by atoms with Crippen LogP contribution >= 0.6 is 11.6 Å². The Morgan fingerprint density at radius 3 is 2.63 bits per heavy atom. The number of hydrogen-bond acceptors (Lipinski definition) is 3. The van der Waals surface area contributed by atoms with Crippen LogP contribution in [0.1, 0.15) is 5.56 Å². The van der Waals surface area contributed by atoms with Gasteiger partial charge in [0, 0.05) is 5.56 Å². The number of halogens is 1. The first-order valence-electron chi connectivity index (χ1n) is 5.71. The Morgan fingerprint density at radius 1 is 1.16 bits per heavy atom. The van der Waals surface area contributed by atoms with E-state index < -0.39 is 0 Å². The summed E-state index contributed by atoms with van der Waals surface area (Å²) >= 11 is 6.03. The third kappa shape index (κ3) is 3.18. The summed E-state index contributed by atoms with van der Waals surface area (Å²) < 4.78 is 10.9. The molecule has 0 unspecified atom stereocenters. The van der Waals surface area contributed by atoms with Crippen LogP contribution in [0.4, 0.5) is 0 Å². The van der Waals surface area contributed by atoms with Crippen LogP contribution in [0.15, 0.2) is 42.5 Å². The summed E-state index contributed by atoms with van der Waals surface area (Å²) in [5.41, 5.74) is 0.787. The Morgan fingerprint density at radius 2 is 1.95 bits per heavy atom. The Hall–Kier alpha value is -2.18. The smallest absolute Gasteiger partial charge is 0.146 e. The Kier molecular flexibility index (Phi) is 4.27. The molecule has 0 saturated heterocycles. The van der Waals surface area contributed by atoms with Crippen molar-refractivity contribution in [2.24, 2.45) is 0 Å². The molecule has 0 aliphatic carbocycles. The molecule has 0 N–H and O–H groups in total. The monoisotopic (exact) mass is 273 g/mol. The van der Waals surface area contributed by atoms with Crippen LogP contribution in [0, 0.1) is 11.3 Å². The van der Waals surface area contributed by atoms with Crippen molar-refractivity contribution in [3.63, 3.8) is 0 Å². The zero-order valence-electron chi connectivity index (χ0n) is 10.4. The predicted molar refractivity (Wildman–Crippen MR) is 73.8 cm³/mol. The van der Waals surface area contributed by atoms with E-state index in [0.717, 1.165) is 5.56 Å². The van der Waals surface area contributed by atoms with Crippen molar-refractivity contribution in [1.82, 2.24) is 0 Å². The minimum atomic E-state index is 0.267. The number of nitrogens with zero attached hydrogens (tertiary/aromatic N) is 1. The van der Waals surface area contributed by atoms with Crippen molar-refractivity contribution >= 4 is 11.6 Å². The van der Waals surface area contributed by atoms with E-state index in [9.17, 15) is 0 Å². The average Bonchev–Trinajstić information content (AvgIpc) is 2.42. The molecule has 0 aromatic heterocycles. The van der Waals surface area contributed by atoms with Gasteiger partial charge >= 0.3 is 0 Å². The third-order valence-electron chi connectivity index (χ3n) is 2.59. The van der Waals surface area contributed by atoms with Crippen LogP contribution < -0.4 is 9.47 Å². The maximum Gasteiger partial charge on any atom is 0.146 e. The van der Waals surface area contributed by atoms with Gasteiger partial charge in [-0.1, -0.05) is 23.7 Å². The minimum Gasteiger partial charge on any atom is -0.496 e. The second kappa shape index (κ2) is 6.12. The van der Waals surface area contributed by atoms with Gasteiger partial charge in [-0.2, -0.15) is 5.26 Å². The summed E-state index contributed by atoms with van der Waals surface area (Å²) in [6.45, 7) is 0. The highest BCUT2D eigenvalue weighted by atomic mass is 35.5. The first kappa shape index (κ1) is 13.3. The molecule has 0 bridgehead atoms. The molecule has 0 heterocycles. The topological polar surface area (TPSA) is 42.2 Å². The number of para-hydroxylation sites is 1. The third-order valence-corrected chi connectivity index (χ3v) is 2.90. The number of nitriles is 1. The van der Waals surface area contributed by atoms with Gasteiger partial charge in [0.25, 0.3) is 0 Å². The molecular formula is C15H12ClNO2. The van der Waals surface area contributed by atoms with Crippen LogP contribution in [0.3, 0.4) is 0 Å². The fourth-order valence-corrected chi connectivity index (χ4v) is 1.87. The van der Waals surface area contributed by atoms with Gasteiger partial charge in [0.2, 0.25) is 0 Å². The molecule has 0 aliphatic rings. The maximum atomic E-state index is 8.80. The largest absolute Gasteiger partial charge is 0.496 e. The molecule has 0 radical (unpaired) electrons. The molecule has 0 atom stereocenters. The highest BCUT2D eigenvalue weighted by molar-refractivity contribution is 6.32. The fraction of sp³-hybridized carbons (Fsp3) is 0.133. The van der Waals surface area contributed by atoms with E-state index >= 15 is 0 Å². The molecule has 3 nitrogen and oxygen atoms in total. The molecule has 4 heteroatoms. The second-order valence-electron chi connectivity index (χ2n) is 3.84. The Balaban J connectivity index is 2.29. The lowest BCUT2D eigenvalue weighted by Gasteiger charge is -2.10. The molecule has 0 aliphatic heterocycles. The SMILES string of the molecule is COc1ccc(Oc2ccccc2Cl)cc1CC#N. The molecular weight excluding hydrogens is 262 g/mol. The zero-order chi connectivity index (χ0) is 13.7. The maximum absolute atomic E-state index is 8.80. The van der Waals surface area contributed by atoms with Crippen LogP contribution in [-0.2, 0) is 6.42 Å². The van der Waals surface area contributed by atoms with E-state index in [1.165, 1.54) is 0 Å². The minimum absolute atomic E-state index is 0.267. The van der Waals surface area contributed by atoms with Gasteiger partial charge < -0.3 is 9.47 Å². The summed E-state index contributed by atoms with van der Waals surface area (Å²) in [5, 5.41) is 9.34. The standard InChI is InChI=1S/C15H12ClNO2/c1-18-14-7-6-12(10-11(14)8-9-17)19-15-5-3-2-4-13(15)16/h2-7,10H,8H2,1H3. The second-order valence-corrected chi connectivity index (χ2v) is 4.25. The highest BCUT2D eigenvalue weighted by Gasteiger charge is 2.07. The Labute approximate surface area is 117 Å². The zero-order valence-corrected chi connectivity index (χ0v) is 11.1. The van der Waals surface area contributed by atoms with Crippen LogP contribution in [0.2, 0.25) is 5.02 Å². The van der Waals surface area contributed by atoms with E-state index in [2.05, 4.69) is 6.07 Å². The lowest BCUT2D eigenvalue weighted by molar-refractivity contribution is 0.408. The number of rotatable bonds is 4. The van der Waals surface area contributed by atoms with Gasteiger partial charge in [0.05, 0.1) is 24.6 Å². The van der Waals surface area contributed by atoms with Crippen LogP contribution in [-0.4, -0.2) is 7.11 Å². The van der Waals surface area contributed by atoms with Crippen LogP contribution in [0.5, 0.6) is 17.2 Å². The summed E-state index contributed by atoms with van der Waals surface area (Å²) in [4.78, 5) is 0. The molecule has 19 heavy (non-hydrogen) atoms.